The van der Waals surface area contributed by atoms with E-state index in [0.29, 0.717) is 5.75 Å². The number of carboxylic acid groups (broad SMARTS) is 2. The summed E-state index contributed by atoms with van der Waals surface area (Å²) in [7, 11) is 0. The smallest absolute Gasteiger partial charge is 0.326 e. The Morgan fingerprint density at radius 1 is 0.871 bits per heavy atom. The van der Waals surface area contributed by atoms with E-state index in [9.17, 15) is 28.8 Å². The molecule has 0 aliphatic heterocycles. The number of hydrogen-bond acceptors (Lipinski definition) is 9. The quantitative estimate of drug-likeness (QED) is 0.115. The second-order valence-electron chi connectivity index (χ2n) is 6.36. The monoisotopic (exact) mass is 465 g/mol. The number of primary amides is 1. The summed E-state index contributed by atoms with van der Waals surface area (Å²) >= 11 is 1.32. The van der Waals surface area contributed by atoms with Crippen LogP contribution in [-0.2, 0) is 28.8 Å². The number of carbonyl (C=O) groups excluding carboxylic acids is 4. The molecular formula is C16H27N5O9S. The van der Waals surface area contributed by atoms with Gasteiger partial charge in [0.25, 0.3) is 0 Å². The summed E-state index contributed by atoms with van der Waals surface area (Å²) in [5.74, 6) is -6.53. The van der Waals surface area contributed by atoms with E-state index in [4.69, 9.17) is 26.8 Å². The molecule has 0 aromatic heterocycles. The number of rotatable bonds is 15. The van der Waals surface area contributed by atoms with E-state index in [2.05, 4.69) is 16.0 Å². The van der Waals surface area contributed by atoms with Gasteiger partial charge < -0.3 is 42.7 Å². The molecular weight excluding hydrogens is 438 g/mol. The number of carboxylic acids is 2. The van der Waals surface area contributed by atoms with Gasteiger partial charge >= 0.3 is 11.9 Å². The van der Waals surface area contributed by atoms with Crippen LogP contribution in [0.1, 0.15) is 19.3 Å². The molecule has 15 heteroatoms. The molecule has 4 unspecified atom stereocenters. The van der Waals surface area contributed by atoms with Gasteiger partial charge in [0.15, 0.2) is 0 Å². The fourth-order valence-electron chi connectivity index (χ4n) is 2.20. The van der Waals surface area contributed by atoms with Crippen molar-refractivity contribution in [3.8, 4) is 0 Å². The Morgan fingerprint density at radius 3 is 1.84 bits per heavy atom. The third kappa shape index (κ3) is 11.2. The Bertz CT molecular complexity index is 690. The first-order valence-corrected chi connectivity index (χ1v) is 10.3. The van der Waals surface area contributed by atoms with Crippen molar-refractivity contribution in [3.63, 3.8) is 0 Å². The van der Waals surface area contributed by atoms with Gasteiger partial charge in [0, 0.05) is 0 Å². The van der Waals surface area contributed by atoms with E-state index in [1.54, 1.807) is 6.26 Å². The van der Waals surface area contributed by atoms with Crippen LogP contribution in [0, 0.1) is 0 Å². The highest BCUT2D eigenvalue weighted by atomic mass is 32.2. The zero-order valence-electron chi connectivity index (χ0n) is 16.7. The van der Waals surface area contributed by atoms with Gasteiger partial charge in [-0.1, -0.05) is 0 Å². The Kier molecular flexibility index (Phi) is 12.8. The first-order valence-electron chi connectivity index (χ1n) is 8.92. The Morgan fingerprint density at radius 2 is 1.39 bits per heavy atom. The zero-order chi connectivity index (χ0) is 24.1. The summed E-state index contributed by atoms with van der Waals surface area (Å²) in [6, 6.07) is -5.94. The third-order valence-corrected chi connectivity index (χ3v) is 4.45. The molecule has 0 saturated carbocycles. The van der Waals surface area contributed by atoms with Crippen LogP contribution in [-0.4, -0.2) is 93.7 Å². The van der Waals surface area contributed by atoms with Crippen LogP contribution in [0.4, 0.5) is 0 Å². The number of nitrogens with one attached hydrogen (secondary N) is 3. The molecule has 4 atom stereocenters. The highest BCUT2D eigenvalue weighted by Gasteiger charge is 2.31. The molecule has 0 fully saturated rings. The average molecular weight is 465 g/mol. The van der Waals surface area contributed by atoms with Crippen molar-refractivity contribution in [3.05, 3.63) is 0 Å². The van der Waals surface area contributed by atoms with Gasteiger partial charge in [-0.15, -0.1) is 0 Å². The van der Waals surface area contributed by atoms with Crippen molar-refractivity contribution in [1.29, 1.82) is 0 Å². The van der Waals surface area contributed by atoms with E-state index < -0.39 is 79.2 Å². The van der Waals surface area contributed by atoms with Crippen LogP contribution in [0.2, 0.25) is 0 Å². The van der Waals surface area contributed by atoms with Gasteiger partial charge in [-0.3, -0.25) is 24.0 Å². The van der Waals surface area contributed by atoms with E-state index in [1.807, 2.05) is 0 Å². The highest BCUT2D eigenvalue weighted by Crippen LogP contribution is 2.05. The molecule has 0 aliphatic carbocycles. The van der Waals surface area contributed by atoms with E-state index >= 15 is 0 Å². The normalized spacial score (nSPS) is 14.4. The molecule has 14 nitrogen and oxygen atoms in total. The maximum Gasteiger partial charge on any atom is 0.326 e. The average Bonchev–Trinajstić information content (AvgIpc) is 2.68. The van der Waals surface area contributed by atoms with Gasteiger partial charge in [0.05, 0.1) is 19.4 Å². The van der Waals surface area contributed by atoms with Crippen LogP contribution < -0.4 is 27.4 Å². The largest absolute Gasteiger partial charge is 0.481 e. The lowest BCUT2D eigenvalue weighted by Crippen LogP contribution is -2.58. The first-order chi connectivity index (χ1) is 14.4. The van der Waals surface area contributed by atoms with Crippen molar-refractivity contribution >= 4 is 47.3 Å². The van der Waals surface area contributed by atoms with Crippen molar-refractivity contribution in [2.24, 2.45) is 11.5 Å². The minimum absolute atomic E-state index is 0.0333. The summed E-state index contributed by atoms with van der Waals surface area (Å²) in [5, 5.41) is 33.4. The van der Waals surface area contributed by atoms with E-state index in [-0.39, 0.29) is 6.42 Å². The summed E-state index contributed by atoms with van der Waals surface area (Å²) in [5.41, 5.74) is 10.3. The molecule has 31 heavy (non-hydrogen) atoms. The molecule has 0 saturated heterocycles. The maximum atomic E-state index is 12.5. The van der Waals surface area contributed by atoms with Crippen LogP contribution in [0.5, 0.6) is 0 Å². The van der Waals surface area contributed by atoms with E-state index in [1.165, 1.54) is 11.8 Å². The lowest BCUT2D eigenvalue weighted by Gasteiger charge is -2.24. The molecule has 4 amide bonds. The summed E-state index contributed by atoms with van der Waals surface area (Å²) < 4.78 is 0. The van der Waals surface area contributed by atoms with Crippen LogP contribution >= 0.6 is 11.8 Å². The summed E-state index contributed by atoms with van der Waals surface area (Å²) in [4.78, 5) is 70.1. The fourth-order valence-corrected chi connectivity index (χ4v) is 2.67. The highest BCUT2D eigenvalue weighted by molar-refractivity contribution is 7.98. The summed E-state index contributed by atoms with van der Waals surface area (Å²) in [6.45, 7) is -0.748. The lowest BCUT2D eigenvalue weighted by atomic mass is 10.1. The molecule has 0 aliphatic rings. The molecule has 0 radical (unpaired) electrons. The van der Waals surface area contributed by atoms with Gasteiger partial charge in [0.2, 0.25) is 23.6 Å². The third-order valence-electron chi connectivity index (χ3n) is 3.81. The number of aliphatic hydroxyl groups excluding tert-OH is 1. The SMILES string of the molecule is CSCCC(NC(=O)C(CC(=O)O)NC(=O)C(N)CO)C(=O)NC(CC(N)=O)C(=O)O. The maximum absolute atomic E-state index is 12.5. The minimum atomic E-state index is -1.63. The predicted molar refractivity (Wildman–Crippen MR) is 108 cm³/mol. The van der Waals surface area contributed by atoms with Crippen molar-refractivity contribution < 1.29 is 44.1 Å². The van der Waals surface area contributed by atoms with Crippen molar-refractivity contribution in [2.45, 2.75) is 43.4 Å². The van der Waals surface area contributed by atoms with E-state index in [0.717, 1.165) is 0 Å². The second kappa shape index (κ2) is 14.2. The summed E-state index contributed by atoms with van der Waals surface area (Å²) in [6.07, 6.45) is 0.228. The molecule has 0 aromatic carbocycles. The Labute approximate surface area is 181 Å². The Balaban J connectivity index is 5.45. The van der Waals surface area contributed by atoms with Gasteiger partial charge in [-0.2, -0.15) is 11.8 Å². The number of aliphatic carboxylic acids is 2. The van der Waals surface area contributed by atoms with Crippen LogP contribution in [0.15, 0.2) is 0 Å². The van der Waals surface area contributed by atoms with Crippen LogP contribution in [0.3, 0.4) is 0 Å². The predicted octanol–water partition coefficient (Wildman–Crippen LogP) is -4.05. The molecule has 0 aromatic rings. The molecule has 176 valence electrons. The molecule has 0 bridgehead atoms. The number of thioether (sulfide) groups is 1. The number of nitrogens with two attached hydrogens (primary N) is 2. The number of carbonyl (C=O) groups is 6. The topological polar surface area (TPSA) is 251 Å². The lowest BCUT2D eigenvalue weighted by molar-refractivity contribution is -0.144. The van der Waals surface area contributed by atoms with Gasteiger partial charge in [-0.25, -0.2) is 4.79 Å². The van der Waals surface area contributed by atoms with Gasteiger partial charge in [-0.05, 0) is 18.4 Å². The fraction of sp³-hybridized carbons (Fsp3) is 0.625. The molecule has 10 N–H and O–H groups in total. The standard InChI is InChI=1S/C16H27N5O9S/c1-31-3-2-8(14(27)21-10(16(29)30)4-11(18)23)19-15(28)9(5-12(24)25)20-13(26)7(17)6-22/h7-10,22H,2-6,17H2,1H3,(H2,18,23)(H,19,28)(H,20,26)(H,21,27)(H,24,25)(H,29,30). The van der Waals surface area contributed by atoms with Crippen molar-refractivity contribution in [1.82, 2.24) is 16.0 Å². The van der Waals surface area contributed by atoms with Crippen molar-refractivity contribution in [2.75, 3.05) is 18.6 Å². The molecule has 0 rings (SSSR count). The number of aliphatic hydroxyl groups is 1. The molecule has 0 spiro atoms. The Hall–Kier alpha value is -2.91. The number of amides is 4. The van der Waals surface area contributed by atoms with Crippen LogP contribution in [0.25, 0.3) is 0 Å². The number of hydrogen-bond donors (Lipinski definition) is 8. The zero-order valence-corrected chi connectivity index (χ0v) is 17.5. The minimum Gasteiger partial charge on any atom is -0.481 e. The second-order valence-corrected chi connectivity index (χ2v) is 7.35. The first kappa shape index (κ1) is 28.1. The molecule has 0 heterocycles. The van der Waals surface area contributed by atoms with Gasteiger partial charge in [0.1, 0.15) is 24.2 Å².